The van der Waals surface area contributed by atoms with Crippen LogP contribution in [0.2, 0.25) is 0 Å². The van der Waals surface area contributed by atoms with Gasteiger partial charge in [-0.15, -0.1) is 0 Å². The van der Waals surface area contributed by atoms with E-state index >= 15 is 0 Å². The molecule has 0 spiro atoms. The van der Waals surface area contributed by atoms with Crippen molar-refractivity contribution in [3.05, 3.63) is 52.1 Å². The first kappa shape index (κ1) is 15.5. The van der Waals surface area contributed by atoms with Gasteiger partial charge in [0, 0.05) is 21.6 Å². The van der Waals surface area contributed by atoms with E-state index in [1.54, 1.807) is 11.8 Å². The van der Waals surface area contributed by atoms with Gasteiger partial charge >= 0.3 is 0 Å². The number of halogens is 1. The molecule has 20 heavy (non-hydrogen) atoms. The summed E-state index contributed by atoms with van der Waals surface area (Å²) in [6.45, 7) is 4.25. The molecule has 1 unspecified atom stereocenters. The molecule has 0 saturated heterocycles. The van der Waals surface area contributed by atoms with Crippen LogP contribution in [-0.4, -0.2) is 11.0 Å². The highest BCUT2D eigenvalue weighted by Gasteiger charge is 2.09. The minimum atomic E-state index is 0.217. The Morgan fingerprint density at radius 2 is 2.10 bits per heavy atom. The van der Waals surface area contributed by atoms with Gasteiger partial charge in [0.2, 0.25) is 0 Å². The Morgan fingerprint density at radius 1 is 1.30 bits per heavy atom. The van der Waals surface area contributed by atoms with Crippen molar-refractivity contribution in [2.24, 2.45) is 5.73 Å². The predicted molar refractivity (Wildman–Crippen MR) is 89.2 cm³/mol. The predicted octanol–water partition coefficient (Wildman–Crippen LogP) is 4.58. The van der Waals surface area contributed by atoms with Gasteiger partial charge in [0.05, 0.1) is 0 Å². The van der Waals surface area contributed by atoms with Crippen LogP contribution in [0.1, 0.15) is 24.5 Å². The van der Waals surface area contributed by atoms with Crippen molar-refractivity contribution in [1.29, 1.82) is 0 Å². The largest absolute Gasteiger partial charge is 0.327 e. The monoisotopic (exact) mass is 350 g/mol. The average molecular weight is 351 g/mol. The van der Waals surface area contributed by atoms with E-state index in [-0.39, 0.29) is 6.04 Å². The number of benzene rings is 1. The van der Waals surface area contributed by atoms with E-state index < -0.39 is 0 Å². The number of aryl methyl sites for hydroxylation is 1. The SMILES string of the molecule is CCC(N)Cc1cc(C)ccc1Sc1ccc(Br)cn1. The first-order valence-electron chi connectivity index (χ1n) is 6.73. The van der Waals surface area contributed by atoms with Gasteiger partial charge in [-0.3, -0.25) is 0 Å². The smallest absolute Gasteiger partial charge is 0.101 e. The van der Waals surface area contributed by atoms with Gasteiger partial charge in [0.15, 0.2) is 0 Å². The van der Waals surface area contributed by atoms with Crippen LogP contribution >= 0.6 is 27.7 Å². The Kier molecular flexibility index (Phi) is 5.64. The molecule has 1 atom stereocenters. The number of hydrogen-bond acceptors (Lipinski definition) is 3. The maximum atomic E-state index is 6.11. The lowest BCUT2D eigenvalue weighted by Gasteiger charge is -2.13. The topological polar surface area (TPSA) is 38.9 Å². The number of rotatable bonds is 5. The van der Waals surface area contributed by atoms with E-state index in [4.69, 9.17) is 5.73 Å². The molecule has 4 heteroatoms. The lowest BCUT2D eigenvalue weighted by Crippen LogP contribution is -2.21. The van der Waals surface area contributed by atoms with Gasteiger partial charge in [-0.2, -0.15) is 0 Å². The van der Waals surface area contributed by atoms with E-state index in [2.05, 4.69) is 53.0 Å². The summed E-state index contributed by atoms with van der Waals surface area (Å²) in [7, 11) is 0. The summed E-state index contributed by atoms with van der Waals surface area (Å²) in [5.41, 5.74) is 8.69. The molecule has 2 N–H and O–H groups in total. The quantitative estimate of drug-likeness (QED) is 0.857. The van der Waals surface area contributed by atoms with E-state index in [1.807, 2.05) is 18.3 Å². The third-order valence-electron chi connectivity index (χ3n) is 3.14. The van der Waals surface area contributed by atoms with Crippen LogP contribution in [0.25, 0.3) is 0 Å². The fraction of sp³-hybridized carbons (Fsp3) is 0.312. The number of pyridine rings is 1. The summed E-state index contributed by atoms with van der Waals surface area (Å²) in [6.07, 6.45) is 3.74. The van der Waals surface area contributed by atoms with Crippen LogP contribution < -0.4 is 5.73 Å². The molecule has 1 aromatic carbocycles. The minimum absolute atomic E-state index is 0.217. The van der Waals surface area contributed by atoms with Crippen molar-refractivity contribution in [3.63, 3.8) is 0 Å². The zero-order chi connectivity index (χ0) is 14.5. The highest BCUT2D eigenvalue weighted by molar-refractivity contribution is 9.10. The number of nitrogens with two attached hydrogens (primary N) is 1. The average Bonchev–Trinajstić information content (AvgIpc) is 2.44. The van der Waals surface area contributed by atoms with Gasteiger partial charge in [-0.1, -0.05) is 36.4 Å². The maximum Gasteiger partial charge on any atom is 0.101 e. The molecule has 0 radical (unpaired) electrons. The van der Waals surface area contributed by atoms with Crippen LogP contribution in [0.4, 0.5) is 0 Å². The van der Waals surface area contributed by atoms with E-state index in [1.165, 1.54) is 16.0 Å². The second-order valence-electron chi connectivity index (χ2n) is 4.90. The number of aromatic nitrogens is 1. The summed E-state index contributed by atoms with van der Waals surface area (Å²) in [5, 5.41) is 1.00. The molecule has 0 aliphatic carbocycles. The van der Waals surface area contributed by atoms with Gasteiger partial charge in [-0.25, -0.2) is 4.98 Å². The first-order valence-corrected chi connectivity index (χ1v) is 8.34. The highest BCUT2D eigenvalue weighted by atomic mass is 79.9. The molecule has 0 aliphatic rings. The Hall–Kier alpha value is -0.840. The molecule has 1 heterocycles. The minimum Gasteiger partial charge on any atom is -0.327 e. The second kappa shape index (κ2) is 7.25. The summed E-state index contributed by atoms with van der Waals surface area (Å²) in [6, 6.07) is 10.8. The lowest BCUT2D eigenvalue weighted by atomic mass is 10.0. The molecule has 2 aromatic rings. The van der Waals surface area contributed by atoms with Crippen molar-refractivity contribution in [2.75, 3.05) is 0 Å². The second-order valence-corrected chi connectivity index (χ2v) is 6.88. The summed E-state index contributed by atoms with van der Waals surface area (Å²) in [5.74, 6) is 0. The molecule has 0 fully saturated rings. The van der Waals surface area contributed by atoms with Crippen molar-refractivity contribution in [2.45, 2.75) is 42.7 Å². The Bertz CT molecular complexity index is 569. The lowest BCUT2D eigenvalue weighted by molar-refractivity contribution is 0.641. The van der Waals surface area contributed by atoms with Crippen molar-refractivity contribution < 1.29 is 0 Å². The molecule has 0 amide bonds. The van der Waals surface area contributed by atoms with Crippen LogP contribution in [0.3, 0.4) is 0 Å². The van der Waals surface area contributed by atoms with Gasteiger partial charge < -0.3 is 5.73 Å². The Labute approximate surface area is 133 Å². The van der Waals surface area contributed by atoms with Crippen molar-refractivity contribution in [3.8, 4) is 0 Å². The summed E-state index contributed by atoms with van der Waals surface area (Å²) in [4.78, 5) is 5.67. The molecule has 2 rings (SSSR count). The van der Waals surface area contributed by atoms with Crippen molar-refractivity contribution >= 4 is 27.7 Å². The fourth-order valence-corrected chi connectivity index (χ4v) is 3.04. The molecule has 2 nitrogen and oxygen atoms in total. The van der Waals surface area contributed by atoms with Crippen LogP contribution in [0.15, 0.2) is 50.9 Å². The van der Waals surface area contributed by atoms with E-state index in [9.17, 15) is 0 Å². The Morgan fingerprint density at radius 3 is 2.75 bits per heavy atom. The molecule has 0 bridgehead atoms. The van der Waals surface area contributed by atoms with Gasteiger partial charge in [0.1, 0.15) is 5.03 Å². The first-order chi connectivity index (χ1) is 9.58. The molecule has 1 aromatic heterocycles. The molecule has 0 saturated carbocycles. The van der Waals surface area contributed by atoms with Crippen LogP contribution in [0, 0.1) is 6.92 Å². The number of nitrogens with zero attached hydrogens (tertiary/aromatic N) is 1. The van der Waals surface area contributed by atoms with Crippen LogP contribution in [-0.2, 0) is 6.42 Å². The van der Waals surface area contributed by atoms with Crippen LogP contribution in [0.5, 0.6) is 0 Å². The van der Waals surface area contributed by atoms with Gasteiger partial charge in [-0.05, 0) is 59.5 Å². The molecule has 106 valence electrons. The maximum absolute atomic E-state index is 6.11. The summed E-state index contributed by atoms with van der Waals surface area (Å²) >= 11 is 5.11. The fourth-order valence-electron chi connectivity index (χ4n) is 1.93. The number of hydrogen-bond donors (Lipinski definition) is 1. The normalized spacial score (nSPS) is 12.4. The standard InChI is InChI=1S/C16H19BrN2S/c1-3-14(18)9-12-8-11(2)4-6-15(12)20-16-7-5-13(17)10-19-16/h4-8,10,14H,3,9,18H2,1-2H3. The molecular formula is C16H19BrN2S. The van der Waals surface area contributed by atoms with E-state index in [0.29, 0.717) is 0 Å². The summed E-state index contributed by atoms with van der Waals surface area (Å²) < 4.78 is 0.999. The highest BCUT2D eigenvalue weighted by Crippen LogP contribution is 2.31. The third-order valence-corrected chi connectivity index (χ3v) is 4.68. The third kappa shape index (κ3) is 4.33. The molecular weight excluding hydrogens is 332 g/mol. The zero-order valence-electron chi connectivity index (χ0n) is 11.8. The van der Waals surface area contributed by atoms with E-state index in [0.717, 1.165) is 22.3 Å². The molecule has 0 aliphatic heterocycles. The Balaban J connectivity index is 2.23. The zero-order valence-corrected chi connectivity index (χ0v) is 14.2. The van der Waals surface area contributed by atoms with Gasteiger partial charge in [0.25, 0.3) is 0 Å². The van der Waals surface area contributed by atoms with Crippen molar-refractivity contribution in [1.82, 2.24) is 4.98 Å².